The number of rotatable bonds is 5. The fraction of sp³-hybridized carbons (Fsp3) is 1.00. The van der Waals surface area contributed by atoms with Crippen molar-refractivity contribution in [2.24, 2.45) is 5.84 Å². The van der Waals surface area contributed by atoms with Crippen molar-refractivity contribution in [2.45, 2.75) is 5.54 Å². The van der Waals surface area contributed by atoms with Gasteiger partial charge in [-0.1, -0.05) is 0 Å². The number of hydrogen-bond donors (Lipinski definition) is 6. The summed E-state index contributed by atoms with van der Waals surface area (Å²) in [4.78, 5) is 0. The molecule has 0 saturated carbocycles. The van der Waals surface area contributed by atoms with Crippen LogP contribution in [0, 0.1) is 0 Å². The molecular weight excluding hydrogens is 138 g/mol. The smallest absolute Gasteiger partial charge is 0.103 e. The van der Waals surface area contributed by atoms with Gasteiger partial charge < -0.3 is 15.3 Å². The molecule has 0 radical (unpaired) electrons. The van der Waals surface area contributed by atoms with Gasteiger partial charge in [0.1, 0.15) is 5.54 Å². The molecule has 62 valence electrons. The molecule has 7 N–H and O–H groups in total. The third-order valence-corrected chi connectivity index (χ3v) is 1.25. The van der Waals surface area contributed by atoms with Crippen LogP contribution in [0.1, 0.15) is 0 Å². The predicted molar refractivity (Wildman–Crippen MR) is 34.4 cm³/mol. The molecule has 0 fully saturated rings. The summed E-state index contributed by atoms with van der Waals surface area (Å²) in [5, 5.41) is 25.9. The minimum absolute atomic E-state index is 0.399. The molecule has 0 aliphatic carbocycles. The van der Waals surface area contributed by atoms with Gasteiger partial charge in [-0.05, 0) is 0 Å². The van der Waals surface area contributed by atoms with E-state index >= 15 is 0 Å². The maximum absolute atomic E-state index is 8.63. The topological polar surface area (TPSA) is 111 Å². The van der Waals surface area contributed by atoms with Gasteiger partial charge in [0, 0.05) is 0 Å². The van der Waals surface area contributed by atoms with E-state index in [4.69, 9.17) is 21.2 Å². The Kier molecular flexibility index (Phi) is 4.45. The van der Waals surface area contributed by atoms with Crippen LogP contribution in [-0.4, -0.2) is 40.7 Å². The van der Waals surface area contributed by atoms with Crippen LogP contribution in [-0.2, 0) is 0 Å². The van der Waals surface area contributed by atoms with Crippen LogP contribution in [0.25, 0.3) is 0 Å². The molecule has 6 heteroatoms. The zero-order valence-corrected chi connectivity index (χ0v) is 5.54. The second-order valence-electron chi connectivity index (χ2n) is 2.02. The maximum atomic E-state index is 8.63. The Bertz CT molecular complexity index is 77.6. The van der Waals surface area contributed by atoms with Crippen molar-refractivity contribution in [3.8, 4) is 0 Å². The second-order valence-corrected chi connectivity index (χ2v) is 2.02. The third-order valence-electron chi connectivity index (χ3n) is 1.25. The van der Waals surface area contributed by atoms with E-state index in [1.165, 1.54) is 0 Å². The lowest BCUT2D eigenvalue weighted by atomic mass is 10.1. The number of aliphatic hydroxyl groups excluding tert-OH is 3. The maximum Gasteiger partial charge on any atom is 0.103 e. The van der Waals surface area contributed by atoms with Gasteiger partial charge in [0.2, 0.25) is 0 Å². The van der Waals surface area contributed by atoms with E-state index < -0.39 is 25.4 Å². The van der Waals surface area contributed by atoms with Gasteiger partial charge in [-0.25, -0.2) is 5.43 Å². The van der Waals surface area contributed by atoms with Gasteiger partial charge >= 0.3 is 0 Å². The quantitative estimate of drug-likeness (QED) is 0.181. The number of hydrogen-bond acceptors (Lipinski definition) is 6. The highest BCUT2D eigenvalue weighted by molar-refractivity contribution is 4.83. The molecule has 0 aromatic carbocycles. The van der Waals surface area contributed by atoms with E-state index in [2.05, 4.69) is 5.43 Å². The highest BCUT2D eigenvalue weighted by Crippen LogP contribution is 1.97. The van der Waals surface area contributed by atoms with Crippen molar-refractivity contribution < 1.29 is 15.3 Å². The molecule has 0 unspecified atom stereocenters. The van der Waals surface area contributed by atoms with Crippen LogP contribution in [0.4, 0.5) is 0 Å². The molecule has 0 aromatic heterocycles. The van der Waals surface area contributed by atoms with E-state index in [0.29, 0.717) is 0 Å². The van der Waals surface area contributed by atoms with Gasteiger partial charge in [-0.2, -0.15) is 5.53 Å². The van der Waals surface area contributed by atoms with Crippen LogP contribution in [0.2, 0.25) is 0 Å². The Morgan fingerprint density at radius 2 is 1.50 bits per heavy atom. The van der Waals surface area contributed by atoms with Crippen molar-refractivity contribution in [2.75, 3.05) is 19.8 Å². The van der Waals surface area contributed by atoms with Crippen molar-refractivity contribution in [1.29, 1.82) is 0 Å². The highest BCUT2D eigenvalue weighted by Gasteiger charge is 2.26. The Morgan fingerprint density at radius 1 is 1.10 bits per heavy atom. The molecule has 0 amide bonds. The summed E-state index contributed by atoms with van der Waals surface area (Å²) < 4.78 is 0. The first kappa shape index (κ1) is 9.76. The minimum atomic E-state index is -1.14. The summed E-state index contributed by atoms with van der Waals surface area (Å²) >= 11 is 0. The van der Waals surface area contributed by atoms with Gasteiger partial charge in [0.25, 0.3) is 0 Å². The van der Waals surface area contributed by atoms with Crippen molar-refractivity contribution in [3.63, 3.8) is 0 Å². The van der Waals surface area contributed by atoms with E-state index in [9.17, 15) is 0 Å². The zero-order chi connectivity index (χ0) is 8.04. The summed E-state index contributed by atoms with van der Waals surface area (Å²) in [5.41, 5.74) is 3.21. The molecule has 0 spiro atoms. The lowest BCUT2D eigenvalue weighted by molar-refractivity contribution is 0.0324. The summed E-state index contributed by atoms with van der Waals surface area (Å²) in [6.45, 7) is -1.20. The Balaban J connectivity index is 3.87. The standard InChI is InChI=1S/C4H13N3O3/c5-7-6-4(1-8,2-9)3-10/h6-10H,1-3,5H2. The molecule has 0 aliphatic rings. The monoisotopic (exact) mass is 151 g/mol. The Hall–Kier alpha value is -0.240. The fourth-order valence-electron chi connectivity index (χ4n) is 0.422. The third kappa shape index (κ3) is 2.18. The first-order valence-electron chi connectivity index (χ1n) is 2.80. The molecule has 6 nitrogen and oxygen atoms in total. The predicted octanol–water partition coefficient (Wildman–Crippen LogP) is -3.33. The SMILES string of the molecule is NNNC(CO)(CO)CO. The molecule has 0 bridgehead atoms. The van der Waals surface area contributed by atoms with E-state index in [1.807, 2.05) is 5.53 Å². The van der Waals surface area contributed by atoms with E-state index in [1.54, 1.807) is 0 Å². The van der Waals surface area contributed by atoms with Crippen LogP contribution in [0.5, 0.6) is 0 Å². The molecule has 0 saturated heterocycles. The average molecular weight is 151 g/mol. The zero-order valence-electron chi connectivity index (χ0n) is 5.54. The van der Waals surface area contributed by atoms with Gasteiger partial charge in [0.15, 0.2) is 0 Å². The van der Waals surface area contributed by atoms with Gasteiger partial charge in [0.05, 0.1) is 19.8 Å². The van der Waals surface area contributed by atoms with Crippen molar-refractivity contribution in [1.82, 2.24) is 11.0 Å². The Morgan fingerprint density at radius 3 is 1.60 bits per heavy atom. The lowest BCUT2D eigenvalue weighted by Gasteiger charge is -2.27. The first-order valence-corrected chi connectivity index (χ1v) is 2.80. The Labute approximate surface area is 58.6 Å². The van der Waals surface area contributed by atoms with Crippen LogP contribution >= 0.6 is 0 Å². The normalized spacial score (nSPS) is 12.0. The van der Waals surface area contributed by atoms with E-state index in [-0.39, 0.29) is 0 Å². The average Bonchev–Trinajstić information content (AvgIpc) is 2.01. The molecule has 0 atom stereocenters. The molecule has 0 aliphatic heterocycles. The fourth-order valence-corrected chi connectivity index (χ4v) is 0.422. The van der Waals surface area contributed by atoms with Crippen molar-refractivity contribution >= 4 is 0 Å². The minimum Gasteiger partial charge on any atom is -0.394 e. The first-order chi connectivity index (χ1) is 4.74. The molecule has 10 heavy (non-hydrogen) atoms. The summed E-state index contributed by atoms with van der Waals surface area (Å²) in [7, 11) is 0. The summed E-state index contributed by atoms with van der Waals surface area (Å²) in [5.74, 6) is 4.85. The van der Waals surface area contributed by atoms with Crippen molar-refractivity contribution in [3.05, 3.63) is 0 Å². The number of aliphatic hydroxyl groups is 3. The van der Waals surface area contributed by atoms with Gasteiger partial charge in [-0.15, -0.1) is 0 Å². The summed E-state index contributed by atoms with van der Waals surface area (Å²) in [6.07, 6.45) is 0. The second kappa shape index (κ2) is 4.56. The number of hydrazine groups is 2. The molecular formula is C4H13N3O3. The summed E-state index contributed by atoms with van der Waals surface area (Å²) in [6, 6.07) is 0. The van der Waals surface area contributed by atoms with Gasteiger partial charge in [-0.3, -0.25) is 5.84 Å². The molecule has 0 aromatic rings. The van der Waals surface area contributed by atoms with Crippen LogP contribution < -0.4 is 16.8 Å². The molecule has 0 rings (SSSR count). The van der Waals surface area contributed by atoms with Crippen LogP contribution in [0.15, 0.2) is 0 Å². The molecule has 0 heterocycles. The van der Waals surface area contributed by atoms with E-state index in [0.717, 1.165) is 0 Å². The van der Waals surface area contributed by atoms with Crippen LogP contribution in [0.3, 0.4) is 0 Å². The number of nitrogens with one attached hydrogen (secondary N) is 2. The highest BCUT2D eigenvalue weighted by atomic mass is 16.3. The lowest BCUT2D eigenvalue weighted by Crippen LogP contribution is -2.61. The largest absolute Gasteiger partial charge is 0.394 e. The number of nitrogens with two attached hydrogens (primary N) is 1.